The first kappa shape index (κ1) is 9.51. The number of amides is 1. The first-order valence-electron chi connectivity index (χ1n) is 3.98. The second-order valence-electron chi connectivity index (χ2n) is 3.13. The molecule has 1 N–H and O–H groups in total. The van der Waals surface area contributed by atoms with Crippen molar-refractivity contribution in [2.45, 2.75) is 31.1 Å². The van der Waals surface area contributed by atoms with Gasteiger partial charge >= 0.3 is 0 Å². The van der Waals surface area contributed by atoms with E-state index in [1.54, 1.807) is 0 Å². The zero-order chi connectivity index (χ0) is 9.19. The fourth-order valence-electron chi connectivity index (χ4n) is 1.26. The fourth-order valence-corrected chi connectivity index (χ4v) is 2.20. The summed E-state index contributed by atoms with van der Waals surface area (Å²) in [7, 11) is -3.11. The van der Waals surface area contributed by atoms with Crippen LogP contribution >= 0.6 is 0 Å². The number of sulfone groups is 1. The topological polar surface area (TPSA) is 63.2 Å². The van der Waals surface area contributed by atoms with Crippen LogP contribution in [0.2, 0.25) is 0 Å². The van der Waals surface area contributed by atoms with E-state index in [4.69, 9.17) is 0 Å². The molecule has 5 heteroatoms. The minimum absolute atomic E-state index is 0.150. The third kappa shape index (κ3) is 2.48. The van der Waals surface area contributed by atoms with Crippen LogP contribution in [0, 0.1) is 0 Å². The molecule has 0 radical (unpaired) electrons. The molecule has 0 aromatic heterocycles. The van der Waals surface area contributed by atoms with Crippen LogP contribution in [-0.2, 0) is 14.6 Å². The Kier molecular flexibility index (Phi) is 2.72. The molecule has 0 aliphatic carbocycles. The summed E-state index contributed by atoms with van der Waals surface area (Å²) in [6, 6.07) is 0. The molecular formula is C7H13NO3S. The minimum Gasteiger partial charge on any atom is -0.340 e. The van der Waals surface area contributed by atoms with Crippen molar-refractivity contribution in [1.29, 1.82) is 0 Å². The van der Waals surface area contributed by atoms with Crippen LogP contribution in [-0.4, -0.2) is 26.0 Å². The van der Waals surface area contributed by atoms with Crippen molar-refractivity contribution in [3.63, 3.8) is 0 Å². The second-order valence-corrected chi connectivity index (χ2v) is 5.36. The Balaban J connectivity index is 2.71. The van der Waals surface area contributed by atoms with E-state index < -0.39 is 15.2 Å². The van der Waals surface area contributed by atoms with E-state index in [2.05, 4.69) is 5.32 Å². The smallest absolute Gasteiger partial charge is 0.221 e. The van der Waals surface area contributed by atoms with Gasteiger partial charge in [-0.15, -0.1) is 0 Å². The van der Waals surface area contributed by atoms with Crippen LogP contribution in [0.3, 0.4) is 0 Å². The van der Waals surface area contributed by atoms with Gasteiger partial charge in [0.05, 0.1) is 0 Å². The third-order valence-corrected chi connectivity index (χ3v) is 3.35. The summed E-state index contributed by atoms with van der Waals surface area (Å²) < 4.78 is 22.1. The van der Waals surface area contributed by atoms with E-state index in [0.717, 1.165) is 19.1 Å². The molecule has 1 rings (SSSR count). The predicted octanol–water partition coefficient (Wildman–Crippen LogP) is 0.0473. The van der Waals surface area contributed by atoms with Crippen molar-refractivity contribution < 1.29 is 13.2 Å². The highest BCUT2D eigenvalue weighted by molar-refractivity contribution is 7.91. The first-order chi connectivity index (χ1) is 5.50. The molecule has 1 aliphatic heterocycles. The van der Waals surface area contributed by atoms with Crippen molar-refractivity contribution in [2.24, 2.45) is 0 Å². The summed E-state index contributed by atoms with van der Waals surface area (Å²) >= 11 is 0. The molecular weight excluding hydrogens is 178 g/mol. The number of carbonyl (C=O) groups is 1. The van der Waals surface area contributed by atoms with E-state index in [1.165, 1.54) is 0 Å². The molecule has 1 fully saturated rings. The van der Waals surface area contributed by atoms with E-state index in [1.807, 2.05) is 0 Å². The molecule has 4 nitrogen and oxygen atoms in total. The summed E-state index contributed by atoms with van der Waals surface area (Å²) in [5.74, 6) is -0.150. The largest absolute Gasteiger partial charge is 0.340 e. The molecule has 1 aliphatic rings. The zero-order valence-corrected chi connectivity index (χ0v) is 7.86. The van der Waals surface area contributed by atoms with Crippen LogP contribution in [0.5, 0.6) is 0 Å². The summed E-state index contributed by atoms with van der Waals surface area (Å²) in [6.07, 6.45) is 3.74. The highest BCUT2D eigenvalue weighted by Crippen LogP contribution is 2.12. The van der Waals surface area contributed by atoms with Crippen LogP contribution in [0.15, 0.2) is 0 Å². The van der Waals surface area contributed by atoms with Gasteiger partial charge < -0.3 is 5.32 Å². The van der Waals surface area contributed by atoms with Crippen molar-refractivity contribution >= 4 is 15.7 Å². The lowest BCUT2D eigenvalue weighted by Crippen LogP contribution is -2.38. The van der Waals surface area contributed by atoms with Crippen LogP contribution < -0.4 is 5.32 Å². The Hall–Kier alpha value is -0.580. The van der Waals surface area contributed by atoms with Gasteiger partial charge in [-0.1, -0.05) is 0 Å². The summed E-state index contributed by atoms with van der Waals surface area (Å²) in [4.78, 5) is 11.0. The molecule has 0 spiro atoms. The molecule has 0 saturated carbocycles. The Morgan fingerprint density at radius 1 is 1.42 bits per heavy atom. The van der Waals surface area contributed by atoms with Gasteiger partial charge in [0.15, 0.2) is 9.84 Å². The standard InChI is InChI=1S/C7H13NO3S/c1-12(10,11)7-5-3-2-4-6(9)8-7/h7H,2-5H2,1H3,(H,8,9)/t7-/m0/s1. The fraction of sp³-hybridized carbons (Fsp3) is 0.857. The highest BCUT2D eigenvalue weighted by atomic mass is 32.2. The maximum atomic E-state index is 11.1. The zero-order valence-electron chi connectivity index (χ0n) is 7.04. The van der Waals surface area contributed by atoms with Gasteiger partial charge in [0.1, 0.15) is 5.37 Å². The molecule has 1 atom stereocenters. The average Bonchev–Trinajstić information content (AvgIpc) is 2.11. The molecule has 0 aromatic carbocycles. The lowest BCUT2D eigenvalue weighted by atomic mass is 10.2. The predicted molar refractivity (Wildman–Crippen MR) is 45.2 cm³/mol. The number of rotatable bonds is 1. The molecule has 1 saturated heterocycles. The summed E-state index contributed by atoms with van der Waals surface area (Å²) in [5.41, 5.74) is 0. The van der Waals surface area contributed by atoms with Gasteiger partial charge in [-0.25, -0.2) is 8.42 Å². The van der Waals surface area contributed by atoms with Gasteiger partial charge in [-0.05, 0) is 19.3 Å². The third-order valence-electron chi connectivity index (χ3n) is 1.96. The lowest BCUT2D eigenvalue weighted by molar-refractivity contribution is -0.121. The van der Waals surface area contributed by atoms with Crippen molar-refractivity contribution in [3.05, 3.63) is 0 Å². The number of nitrogens with one attached hydrogen (secondary N) is 1. The van der Waals surface area contributed by atoms with Crippen molar-refractivity contribution in [3.8, 4) is 0 Å². The highest BCUT2D eigenvalue weighted by Gasteiger charge is 2.24. The first-order valence-corrected chi connectivity index (χ1v) is 5.94. The lowest BCUT2D eigenvalue weighted by Gasteiger charge is -2.12. The van der Waals surface area contributed by atoms with Gasteiger partial charge in [0.2, 0.25) is 5.91 Å². The molecule has 1 amide bonds. The van der Waals surface area contributed by atoms with Crippen LogP contribution in [0.4, 0.5) is 0 Å². The molecule has 1 heterocycles. The van der Waals surface area contributed by atoms with E-state index in [-0.39, 0.29) is 5.91 Å². The van der Waals surface area contributed by atoms with Gasteiger partial charge in [0.25, 0.3) is 0 Å². The molecule has 0 aromatic rings. The van der Waals surface area contributed by atoms with Crippen molar-refractivity contribution in [1.82, 2.24) is 5.32 Å². The maximum Gasteiger partial charge on any atom is 0.221 e. The van der Waals surface area contributed by atoms with E-state index in [9.17, 15) is 13.2 Å². The molecule has 70 valence electrons. The summed E-state index contributed by atoms with van der Waals surface area (Å²) in [5, 5.41) is 1.83. The maximum absolute atomic E-state index is 11.1. The monoisotopic (exact) mass is 191 g/mol. The second kappa shape index (κ2) is 3.43. The Bertz CT molecular complexity index is 270. The Morgan fingerprint density at radius 2 is 2.08 bits per heavy atom. The average molecular weight is 191 g/mol. The normalized spacial score (nSPS) is 26.1. The number of hydrogen-bond acceptors (Lipinski definition) is 3. The Morgan fingerprint density at radius 3 is 2.67 bits per heavy atom. The van der Waals surface area contributed by atoms with Gasteiger partial charge in [-0.2, -0.15) is 0 Å². The minimum atomic E-state index is -3.11. The molecule has 0 unspecified atom stereocenters. The van der Waals surface area contributed by atoms with Gasteiger partial charge in [-0.3, -0.25) is 4.79 Å². The molecule has 12 heavy (non-hydrogen) atoms. The van der Waals surface area contributed by atoms with E-state index >= 15 is 0 Å². The van der Waals surface area contributed by atoms with Gasteiger partial charge in [0, 0.05) is 12.7 Å². The van der Waals surface area contributed by atoms with Crippen molar-refractivity contribution in [2.75, 3.05) is 6.26 Å². The summed E-state index contributed by atoms with van der Waals surface area (Å²) in [6.45, 7) is 0. The quantitative estimate of drug-likeness (QED) is 0.637. The number of hydrogen-bond donors (Lipinski definition) is 1. The van der Waals surface area contributed by atoms with Crippen LogP contribution in [0.25, 0.3) is 0 Å². The molecule has 0 bridgehead atoms. The Labute approximate surface area is 72.3 Å². The number of carbonyl (C=O) groups excluding carboxylic acids is 1. The SMILES string of the molecule is CS(=O)(=O)[C@H]1CCCCC(=O)N1. The van der Waals surface area contributed by atoms with Crippen LogP contribution in [0.1, 0.15) is 25.7 Å². The van der Waals surface area contributed by atoms with E-state index in [0.29, 0.717) is 12.8 Å².